The fraction of sp³-hybridized carbons (Fsp3) is 0.733. The molecule has 0 aliphatic carbocycles. The molecule has 1 aromatic heterocycles. The van der Waals surface area contributed by atoms with Crippen LogP contribution in [0, 0.1) is 11.8 Å². The second-order valence-electron chi connectivity index (χ2n) is 5.86. The zero-order valence-corrected chi connectivity index (χ0v) is 13.9. The summed E-state index contributed by atoms with van der Waals surface area (Å²) in [5.41, 5.74) is 1.56. The van der Waals surface area contributed by atoms with Crippen LogP contribution in [0.1, 0.15) is 52.4 Å². The number of carbonyl (C=O) groups is 2. The molecule has 2 rings (SSSR count). The Morgan fingerprint density at radius 1 is 1.55 bits per heavy atom. The van der Waals surface area contributed by atoms with Crippen LogP contribution in [0.5, 0.6) is 0 Å². The number of rotatable bonds is 8. The first kappa shape index (κ1) is 16.9. The fourth-order valence-electron chi connectivity index (χ4n) is 2.70. The summed E-state index contributed by atoms with van der Waals surface area (Å²) in [5, 5.41) is 10.7. The van der Waals surface area contributed by atoms with Crippen molar-refractivity contribution in [2.24, 2.45) is 11.8 Å². The quantitative estimate of drug-likeness (QED) is 0.587. The van der Waals surface area contributed by atoms with E-state index in [1.165, 1.54) is 17.8 Å². The number of carbonyl (C=O) groups excluding carboxylic acids is 2. The normalized spacial score (nSPS) is 22.4. The molecule has 0 aromatic carbocycles. The maximum Gasteiger partial charge on any atom is 0.309 e. The van der Waals surface area contributed by atoms with Crippen molar-refractivity contribution >= 4 is 28.3 Å². The Kier molecular flexibility index (Phi) is 6.30. The lowest BCUT2D eigenvalue weighted by molar-refractivity contribution is -0.144. The number of aromatic nitrogens is 2. The van der Waals surface area contributed by atoms with Gasteiger partial charge in [0.25, 0.3) is 0 Å². The van der Waals surface area contributed by atoms with Crippen LogP contribution in [0.25, 0.3) is 0 Å². The number of anilines is 1. The average molecular weight is 325 g/mol. The zero-order valence-electron chi connectivity index (χ0n) is 13.1. The first-order valence-corrected chi connectivity index (χ1v) is 8.75. The number of amides is 1. The van der Waals surface area contributed by atoms with Gasteiger partial charge in [0.05, 0.1) is 5.92 Å². The summed E-state index contributed by atoms with van der Waals surface area (Å²) in [7, 11) is 0. The fourth-order valence-corrected chi connectivity index (χ4v) is 3.15. The number of hydrogen-bond donors (Lipinski definition) is 1. The van der Waals surface area contributed by atoms with E-state index in [-0.39, 0.29) is 29.8 Å². The first-order valence-electron chi connectivity index (χ1n) is 7.87. The van der Waals surface area contributed by atoms with E-state index in [0.717, 1.165) is 25.7 Å². The number of hydrogen-bond acceptors (Lipinski definition) is 6. The van der Waals surface area contributed by atoms with Crippen molar-refractivity contribution in [1.82, 2.24) is 10.2 Å². The van der Waals surface area contributed by atoms with E-state index in [1.807, 2.05) is 6.92 Å². The molecule has 0 saturated carbocycles. The highest BCUT2D eigenvalue weighted by Crippen LogP contribution is 2.30. The highest BCUT2D eigenvalue weighted by atomic mass is 32.1. The Morgan fingerprint density at radius 2 is 2.36 bits per heavy atom. The third-order valence-electron chi connectivity index (χ3n) is 3.97. The maximum atomic E-state index is 12.1. The summed E-state index contributed by atoms with van der Waals surface area (Å²) in [6.45, 7) is 3.98. The lowest BCUT2D eigenvalue weighted by Gasteiger charge is -2.12. The molecule has 1 aliphatic rings. The minimum Gasteiger partial charge on any atom is -0.462 e. The molecule has 7 heteroatoms. The first-order chi connectivity index (χ1) is 10.6. The van der Waals surface area contributed by atoms with Crippen molar-refractivity contribution in [3.63, 3.8) is 0 Å². The van der Waals surface area contributed by atoms with Gasteiger partial charge in [-0.05, 0) is 25.7 Å². The van der Waals surface area contributed by atoms with E-state index in [2.05, 4.69) is 22.4 Å². The summed E-state index contributed by atoms with van der Waals surface area (Å²) in [4.78, 5) is 24.0. The van der Waals surface area contributed by atoms with Gasteiger partial charge in [0, 0.05) is 5.92 Å². The number of ether oxygens (including phenoxy) is 1. The van der Waals surface area contributed by atoms with Gasteiger partial charge in [0.2, 0.25) is 11.0 Å². The predicted molar refractivity (Wildman–Crippen MR) is 84.4 cm³/mol. The molecule has 2 heterocycles. The van der Waals surface area contributed by atoms with Gasteiger partial charge in [0.15, 0.2) is 0 Å². The van der Waals surface area contributed by atoms with Crippen LogP contribution in [-0.2, 0) is 14.3 Å². The molecule has 0 spiro atoms. The van der Waals surface area contributed by atoms with Crippen LogP contribution < -0.4 is 5.32 Å². The van der Waals surface area contributed by atoms with Crippen LogP contribution >= 0.6 is 11.3 Å². The predicted octanol–water partition coefficient (Wildman–Crippen LogP) is 3.01. The van der Waals surface area contributed by atoms with E-state index in [1.54, 1.807) is 5.51 Å². The topological polar surface area (TPSA) is 81.2 Å². The SMILES string of the molecule is CCCCC[C@@H]1C[C@H](C[C@H](C)C(=O)Nc2nncs2)C(=O)O1. The van der Waals surface area contributed by atoms with Crippen molar-refractivity contribution in [2.45, 2.75) is 58.5 Å². The van der Waals surface area contributed by atoms with E-state index in [4.69, 9.17) is 4.74 Å². The van der Waals surface area contributed by atoms with E-state index in [0.29, 0.717) is 11.6 Å². The summed E-state index contributed by atoms with van der Waals surface area (Å²) in [6, 6.07) is 0. The molecule has 122 valence electrons. The highest BCUT2D eigenvalue weighted by molar-refractivity contribution is 7.13. The van der Waals surface area contributed by atoms with Gasteiger partial charge >= 0.3 is 5.97 Å². The van der Waals surface area contributed by atoms with E-state index >= 15 is 0 Å². The molecule has 1 N–H and O–H groups in total. The smallest absolute Gasteiger partial charge is 0.309 e. The van der Waals surface area contributed by atoms with Crippen molar-refractivity contribution in [3.05, 3.63) is 5.51 Å². The second kappa shape index (κ2) is 8.22. The average Bonchev–Trinajstić information content (AvgIpc) is 3.10. The van der Waals surface area contributed by atoms with Crippen LogP contribution in [0.2, 0.25) is 0 Å². The molecule has 1 aromatic rings. The molecule has 3 atom stereocenters. The number of esters is 1. The van der Waals surface area contributed by atoms with Gasteiger partial charge in [-0.3, -0.25) is 9.59 Å². The van der Waals surface area contributed by atoms with Gasteiger partial charge in [-0.1, -0.05) is 38.0 Å². The molecule has 1 fully saturated rings. The second-order valence-corrected chi connectivity index (χ2v) is 6.69. The Labute approximate surface area is 134 Å². The molecule has 0 bridgehead atoms. The molecular formula is C15H23N3O3S. The Bertz CT molecular complexity index is 492. The monoisotopic (exact) mass is 325 g/mol. The molecular weight excluding hydrogens is 302 g/mol. The number of cyclic esters (lactones) is 1. The molecule has 1 saturated heterocycles. The Hall–Kier alpha value is -1.50. The van der Waals surface area contributed by atoms with E-state index < -0.39 is 0 Å². The molecule has 6 nitrogen and oxygen atoms in total. The molecule has 1 amide bonds. The van der Waals surface area contributed by atoms with Crippen LogP contribution in [0.3, 0.4) is 0 Å². The minimum absolute atomic E-state index is 0.0301. The van der Waals surface area contributed by atoms with Crippen molar-refractivity contribution < 1.29 is 14.3 Å². The van der Waals surface area contributed by atoms with Crippen LogP contribution in [0.15, 0.2) is 5.51 Å². The summed E-state index contributed by atoms with van der Waals surface area (Å²) < 4.78 is 5.42. The van der Waals surface area contributed by atoms with Gasteiger partial charge in [-0.15, -0.1) is 10.2 Å². The van der Waals surface area contributed by atoms with Gasteiger partial charge in [0.1, 0.15) is 11.6 Å². The van der Waals surface area contributed by atoms with Crippen LogP contribution in [-0.4, -0.2) is 28.2 Å². The number of nitrogens with one attached hydrogen (secondary N) is 1. The van der Waals surface area contributed by atoms with Crippen molar-refractivity contribution in [1.29, 1.82) is 0 Å². The third kappa shape index (κ3) is 4.76. The summed E-state index contributed by atoms with van der Waals surface area (Å²) >= 11 is 1.28. The van der Waals surface area contributed by atoms with Crippen molar-refractivity contribution in [3.8, 4) is 0 Å². The molecule has 1 aliphatic heterocycles. The zero-order chi connectivity index (χ0) is 15.9. The molecule has 22 heavy (non-hydrogen) atoms. The highest BCUT2D eigenvalue weighted by Gasteiger charge is 2.35. The largest absolute Gasteiger partial charge is 0.462 e. The van der Waals surface area contributed by atoms with Crippen LogP contribution in [0.4, 0.5) is 5.13 Å². The van der Waals surface area contributed by atoms with Crippen molar-refractivity contribution in [2.75, 3.05) is 5.32 Å². The number of nitrogens with zero attached hydrogens (tertiary/aromatic N) is 2. The summed E-state index contributed by atoms with van der Waals surface area (Å²) in [6.07, 6.45) is 5.64. The Morgan fingerprint density at radius 3 is 3.05 bits per heavy atom. The molecule has 0 unspecified atom stereocenters. The minimum atomic E-state index is -0.254. The van der Waals surface area contributed by atoms with E-state index in [9.17, 15) is 9.59 Å². The molecule has 0 radical (unpaired) electrons. The number of unbranched alkanes of at least 4 members (excludes halogenated alkanes) is 2. The Balaban J connectivity index is 1.77. The van der Waals surface area contributed by atoms with Gasteiger partial charge in [-0.2, -0.15) is 0 Å². The summed E-state index contributed by atoms with van der Waals surface area (Å²) in [5.74, 6) is -0.700. The lowest BCUT2D eigenvalue weighted by atomic mass is 9.91. The lowest BCUT2D eigenvalue weighted by Crippen LogP contribution is -2.24. The standard InChI is InChI=1S/C15H23N3O3S/c1-3-4-5-6-12-8-11(14(20)21-12)7-10(2)13(19)17-15-18-16-9-22-15/h9-12H,3-8H2,1-2H3,(H,17,18,19)/t10-,11-,12+/m0/s1. The third-order valence-corrected chi connectivity index (χ3v) is 4.58. The van der Waals surface area contributed by atoms with Gasteiger partial charge in [-0.25, -0.2) is 0 Å². The maximum absolute atomic E-state index is 12.1. The van der Waals surface area contributed by atoms with Gasteiger partial charge < -0.3 is 10.1 Å².